The van der Waals surface area contributed by atoms with Crippen LogP contribution in [0.5, 0.6) is 11.5 Å². The number of carbonyl (C=O) groups excluding carboxylic acids is 1. The summed E-state index contributed by atoms with van der Waals surface area (Å²) in [5.41, 5.74) is 2.83. The summed E-state index contributed by atoms with van der Waals surface area (Å²) >= 11 is 6.10. The van der Waals surface area contributed by atoms with Crippen LogP contribution in [0.1, 0.15) is 73.9 Å². The number of aromatic amines is 1. The first-order chi connectivity index (χ1) is 30.0. The number of pyridine rings is 1. The third kappa shape index (κ3) is 10.1. The number of hydrogen-bond acceptors (Lipinski definition) is 10. The Morgan fingerprint density at radius 3 is 2.62 bits per heavy atom. The first-order valence-electron chi connectivity index (χ1n) is 20.7. The third-order valence-electron chi connectivity index (χ3n) is 12.0. The zero-order valence-electron chi connectivity index (χ0n) is 34.8. The van der Waals surface area contributed by atoms with Crippen molar-refractivity contribution < 1.29 is 36.4 Å². The molecule has 3 aromatic carbocycles. The topological polar surface area (TPSA) is 169 Å². The number of H-pyrrole nitrogens is 1. The first kappa shape index (κ1) is 43.9. The summed E-state index contributed by atoms with van der Waals surface area (Å²) in [5, 5.41) is 15.9. The highest BCUT2D eigenvalue weighted by Gasteiger charge is 2.34. The minimum atomic E-state index is -4.66. The van der Waals surface area contributed by atoms with Gasteiger partial charge in [0.05, 0.1) is 21.6 Å². The number of halogens is 3. The number of nitrogens with zero attached hydrogens (tertiary/aromatic N) is 3. The lowest BCUT2D eigenvalue weighted by Crippen LogP contribution is -2.38. The number of aromatic nitrogens is 2. The lowest BCUT2D eigenvalue weighted by Gasteiger charge is -2.36. The maximum atomic E-state index is 15.2. The van der Waals surface area contributed by atoms with E-state index in [2.05, 4.69) is 40.1 Å². The number of hydrogen-bond donors (Lipinski definition) is 3. The minimum absolute atomic E-state index is 0.0350. The Balaban J connectivity index is 1.03. The molecule has 0 bridgehead atoms. The molecule has 4 heterocycles. The summed E-state index contributed by atoms with van der Waals surface area (Å²) in [5.74, 6) is -0.998. The van der Waals surface area contributed by atoms with Gasteiger partial charge in [-0.2, -0.15) is 0 Å². The van der Waals surface area contributed by atoms with Crippen LogP contribution in [0, 0.1) is 21.3 Å². The number of allylic oxidation sites excluding steroid dienone is 1. The monoisotopic (exact) mass is 900 g/mol. The fourth-order valence-electron chi connectivity index (χ4n) is 8.39. The summed E-state index contributed by atoms with van der Waals surface area (Å²) in [6.45, 7) is 6.64. The predicted molar refractivity (Wildman–Crippen MR) is 238 cm³/mol. The first-order valence-corrected chi connectivity index (χ1v) is 22.6. The summed E-state index contributed by atoms with van der Waals surface area (Å²) in [6, 6.07) is 16.4. The van der Waals surface area contributed by atoms with Crippen LogP contribution in [-0.4, -0.2) is 79.2 Å². The van der Waals surface area contributed by atoms with Gasteiger partial charge in [-0.15, -0.1) is 0 Å². The van der Waals surface area contributed by atoms with E-state index in [9.17, 15) is 23.3 Å². The van der Waals surface area contributed by atoms with Crippen molar-refractivity contribution in [3.63, 3.8) is 0 Å². The van der Waals surface area contributed by atoms with Gasteiger partial charge < -0.3 is 19.8 Å². The van der Waals surface area contributed by atoms with E-state index in [1.54, 1.807) is 36.5 Å². The Morgan fingerprint density at radius 1 is 1.06 bits per heavy atom. The number of amides is 1. The predicted octanol–water partition coefficient (Wildman–Crippen LogP) is 9.86. The number of nitrogens with one attached hydrogen (secondary N) is 3. The number of fused-ring (bicyclic) bond motifs is 1. The second-order valence-electron chi connectivity index (χ2n) is 17.1. The van der Waals surface area contributed by atoms with Crippen molar-refractivity contribution in [1.82, 2.24) is 19.6 Å². The summed E-state index contributed by atoms with van der Waals surface area (Å²) in [6.07, 6.45) is 8.81. The molecule has 0 radical (unpaired) electrons. The Bertz CT molecular complexity index is 2770. The molecule has 1 fully saturated rings. The zero-order valence-corrected chi connectivity index (χ0v) is 36.4. The number of ether oxygens (including phenoxy) is 2. The highest BCUT2D eigenvalue weighted by Crippen LogP contribution is 2.44. The Morgan fingerprint density at radius 2 is 1.87 bits per heavy atom. The van der Waals surface area contributed by atoms with E-state index in [1.807, 2.05) is 10.8 Å². The van der Waals surface area contributed by atoms with Gasteiger partial charge in [-0.25, -0.2) is 26.9 Å². The van der Waals surface area contributed by atoms with Crippen molar-refractivity contribution in [2.75, 3.05) is 44.7 Å². The van der Waals surface area contributed by atoms with Crippen LogP contribution in [0.25, 0.3) is 22.2 Å². The van der Waals surface area contributed by atoms with Gasteiger partial charge in [0.2, 0.25) is 0 Å². The fourth-order valence-corrected chi connectivity index (χ4v) is 9.54. The fraction of sp³-hybridized carbons (Fsp3) is 0.348. The van der Waals surface area contributed by atoms with Crippen LogP contribution in [0.3, 0.4) is 0 Å². The number of rotatable bonds is 13. The molecule has 5 aromatic rings. The van der Waals surface area contributed by atoms with Crippen LogP contribution in [-0.2, 0) is 14.8 Å². The molecule has 13 nitrogen and oxygen atoms in total. The van der Waals surface area contributed by atoms with Gasteiger partial charge >= 0.3 is 0 Å². The zero-order chi connectivity index (χ0) is 44.5. The van der Waals surface area contributed by atoms with Gasteiger partial charge in [-0.05, 0) is 96.3 Å². The molecule has 1 saturated heterocycles. The number of sulfonamides is 1. The normalized spacial score (nSPS) is 17.9. The van der Waals surface area contributed by atoms with Crippen molar-refractivity contribution in [2.24, 2.45) is 5.41 Å². The van der Waals surface area contributed by atoms with Gasteiger partial charge in [0.25, 0.3) is 21.6 Å². The third-order valence-corrected chi connectivity index (χ3v) is 13.6. The van der Waals surface area contributed by atoms with E-state index in [-0.39, 0.29) is 60.8 Å². The number of nitro groups is 1. The average molecular weight is 901 g/mol. The molecule has 8 rings (SSSR count). The van der Waals surface area contributed by atoms with Gasteiger partial charge in [0.1, 0.15) is 34.3 Å². The van der Waals surface area contributed by atoms with Gasteiger partial charge in [-0.1, -0.05) is 49.2 Å². The molecule has 3 N–H and O–H groups in total. The van der Waals surface area contributed by atoms with Crippen molar-refractivity contribution >= 4 is 61.1 Å². The van der Waals surface area contributed by atoms with Crippen molar-refractivity contribution in [2.45, 2.75) is 62.9 Å². The molecule has 2 aromatic heterocycles. The van der Waals surface area contributed by atoms with E-state index < -0.39 is 37.1 Å². The number of nitro benzene ring substituents is 1. The second kappa shape index (κ2) is 17.8. The highest BCUT2D eigenvalue weighted by atomic mass is 35.5. The molecule has 330 valence electrons. The summed E-state index contributed by atoms with van der Waals surface area (Å²) in [7, 11) is -4.66. The SMILES string of the molecule is CC1(C)CCC(CN2CC=C(c3ccc(C(=O)NS(=O)(=O)c4ccc(NCC5(F)CCOCC5)c([N+](=O)[O-])c4)c(Oc4cnc5[nH]ccc5c4)c3)CC2)=C(c2ccc(Cl)cc2F)C1. The van der Waals surface area contributed by atoms with Gasteiger partial charge in [0.15, 0.2) is 0 Å². The molecular formula is C46H47ClF2N6O7S. The highest BCUT2D eigenvalue weighted by molar-refractivity contribution is 7.90. The van der Waals surface area contributed by atoms with Crippen molar-refractivity contribution in [3.8, 4) is 11.5 Å². The molecule has 63 heavy (non-hydrogen) atoms. The second-order valence-corrected chi connectivity index (χ2v) is 19.3. The molecule has 1 aliphatic carbocycles. The van der Waals surface area contributed by atoms with E-state index in [1.165, 1.54) is 30.0 Å². The van der Waals surface area contributed by atoms with Gasteiger partial charge in [0, 0.05) is 80.5 Å². The number of anilines is 1. The Kier molecular flexibility index (Phi) is 12.4. The van der Waals surface area contributed by atoms with E-state index in [0.29, 0.717) is 48.0 Å². The van der Waals surface area contributed by atoms with Crippen molar-refractivity contribution in [3.05, 3.63) is 128 Å². The average Bonchev–Trinajstić information content (AvgIpc) is 3.72. The molecule has 0 saturated carbocycles. The van der Waals surface area contributed by atoms with Gasteiger partial charge in [-0.3, -0.25) is 19.8 Å². The van der Waals surface area contributed by atoms with Crippen LogP contribution in [0.4, 0.5) is 20.2 Å². The minimum Gasteiger partial charge on any atom is -0.455 e. The quantitative estimate of drug-likeness (QED) is 0.0764. The molecule has 0 unspecified atom stereocenters. The standard InChI is InChI=1S/C46H47ClF2N6O7S/c1-45(2)13-9-32(38(25-45)36-7-4-33(47)23-39(36)48)27-54-17-11-29(12-18-54)30-3-6-37(42(22-30)62-34-21-31-10-16-50-43(31)51-26-34)44(56)53-63(59,60)35-5-8-40(41(24-35)55(57)58)52-28-46(49)14-19-61-20-15-46/h3-8,10-11,16,21-24,26,52H,9,12-15,17-20,25,27-28H2,1-2H3,(H,50,51)(H,53,56). The van der Waals surface area contributed by atoms with E-state index in [0.717, 1.165) is 53.5 Å². The molecule has 3 aliphatic rings. The van der Waals surface area contributed by atoms with Crippen LogP contribution in [0.2, 0.25) is 5.02 Å². The number of benzene rings is 3. The molecule has 0 atom stereocenters. The largest absolute Gasteiger partial charge is 0.455 e. The molecule has 1 amide bonds. The van der Waals surface area contributed by atoms with Crippen LogP contribution < -0.4 is 14.8 Å². The molecular weight excluding hydrogens is 854 g/mol. The number of alkyl halides is 1. The van der Waals surface area contributed by atoms with E-state index >= 15 is 8.78 Å². The molecule has 17 heteroatoms. The maximum Gasteiger partial charge on any atom is 0.293 e. The Hall–Kier alpha value is -5.68. The summed E-state index contributed by atoms with van der Waals surface area (Å²) in [4.78, 5) is 34.4. The summed E-state index contributed by atoms with van der Waals surface area (Å²) < 4.78 is 71.3. The smallest absolute Gasteiger partial charge is 0.293 e. The lowest BCUT2D eigenvalue weighted by molar-refractivity contribution is -0.384. The van der Waals surface area contributed by atoms with E-state index in [4.69, 9.17) is 21.1 Å². The molecule has 2 aliphatic heterocycles. The maximum absolute atomic E-state index is 15.2. The molecule has 0 spiro atoms. The Labute approximate surface area is 368 Å². The van der Waals surface area contributed by atoms with Crippen LogP contribution >= 0.6 is 11.6 Å². The van der Waals surface area contributed by atoms with Crippen molar-refractivity contribution in [1.29, 1.82) is 0 Å². The lowest BCUT2D eigenvalue weighted by atomic mass is 9.72. The number of carbonyl (C=O) groups is 1. The van der Waals surface area contributed by atoms with Crippen LogP contribution in [0.15, 0.2) is 95.7 Å².